The van der Waals surface area contributed by atoms with Gasteiger partial charge in [-0.2, -0.15) is 0 Å². The summed E-state index contributed by atoms with van der Waals surface area (Å²) in [6, 6.07) is 9.00. The molecule has 11 heteroatoms. The molecule has 10 nitrogen and oxygen atoms in total. The van der Waals surface area contributed by atoms with Gasteiger partial charge in [0.25, 0.3) is 5.91 Å². The highest BCUT2D eigenvalue weighted by Crippen LogP contribution is 2.36. The van der Waals surface area contributed by atoms with Gasteiger partial charge in [0.05, 0.1) is 25.8 Å². The molecule has 1 aliphatic carbocycles. The van der Waals surface area contributed by atoms with Crippen molar-refractivity contribution < 1.29 is 23.5 Å². The van der Waals surface area contributed by atoms with E-state index in [4.69, 9.17) is 14.5 Å². The predicted octanol–water partition coefficient (Wildman–Crippen LogP) is 2.84. The number of anilines is 1. The summed E-state index contributed by atoms with van der Waals surface area (Å²) in [7, 11) is 0. The Kier molecular flexibility index (Phi) is 9.70. The molecule has 2 N–H and O–H groups in total. The van der Waals surface area contributed by atoms with Crippen LogP contribution in [0.5, 0.6) is 5.88 Å². The Bertz CT molecular complexity index is 1360. The fourth-order valence-electron chi connectivity index (χ4n) is 6.79. The molecule has 0 unspecified atom stereocenters. The van der Waals surface area contributed by atoms with E-state index in [1.165, 1.54) is 12.1 Å². The van der Waals surface area contributed by atoms with Gasteiger partial charge in [-0.15, -0.1) is 0 Å². The van der Waals surface area contributed by atoms with Crippen molar-refractivity contribution in [3.63, 3.8) is 0 Å². The van der Waals surface area contributed by atoms with Crippen LogP contribution in [0.15, 0.2) is 30.3 Å². The van der Waals surface area contributed by atoms with Crippen LogP contribution < -0.4 is 20.3 Å². The summed E-state index contributed by atoms with van der Waals surface area (Å²) < 4.78 is 25.5. The zero-order valence-electron chi connectivity index (χ0n) is 26.9. The first-order valence-electron chi connectivity index (χ1n) is 16.5. The third-order valence-electron chi connectivity index (χ3n) is 9.59. The number of amides is 2. The number of ether oxygens (including phenoxy) is 2. The number of halogens is 1. The summed E-state index contributed by atoms with van der Waals surface area (Å²) in [4.78, 5) is 38.9. The largest absolute Gasteiger partial charge is 0.474 e. The summed E-state index contributed by atoms with van der Waals surface area (Å²) in [5, 5.41) is 6.64. The van der Waals surface area contributed by atoms with Crippen LogP contribution in [0, 0.1) is 11.7 Å². The third kappa shape index (κ3) is 7.48. The number of piperazine rings is 1. The molecule has 0 bridgehead atoms. The van der Waals surface area contributed by atoms with Crippen molar-refractivity contribution in [3.05, 3.63) is 53.0 Å². The van der Waals surface area contributed by atoms with E-state index in [-0.39, 0.29) is 54.6 Å². The van der Waals surface area contributed by atoms with Gasteiger partial charge in [-0.05, 0) is 82.2 Å². The van der Waals surface area contributed by atoms with Crippen molar-refractivity contribution in [2.75, 3.05) is 57.4 Å². The number of nitrogens with one attached hydrogen (secondary N) is 2. The van der Waals surface area contributed by atoms with E-state index < -0.39 is 0 Å². The van der Waals surface area contributed by atoms with Crippen LogP contribution in [0.25, 0.3) is 0 Å². The molecule has 6 rings (SSSR count). The Balaban J connectivity index is 1.26. The fraction of sp³-hybridized carbons (Fsp3) is 0.618. The van der Waals surface area contributed by atoms with Crippen LogP contribution in [0.1, 0.15) is 62.2 Å². The Hall–Kier alpha value is -3.12. The minimum Gasteiger partial charge on any atom is -0.474 e. The number of fused-ring (bicyclic) bond motifs is 1. The maximum atomic E-state index is 14.2. The highest BCUT2D eigenvalue weighted by atomic mass is 19.1. The van der Waals surface area contributed by atoms with Crippen LogP contribution >= 0.6 is 0 Å². The highest BCUT2D eigenvalue weighted by molar-refractivity contribution is 5.99. The summed E-state index contributed by atoms with van der Waals surface area (Å²) in [6.45, 7) is 13.6. The maximum Gasteiger partial charge on any atom is 0.270 e. The quantitative estimate of drug-likeness (QED) is 0.441. The second-order valence-electron chi connectivity index (χ2n) is 13.5. The van der Waals surface area contributed by atoms with Gasteiger partial charge in [-0.1, -0.05) is 12.1 Å². The second kappa shape index (κ2) is 13.7. The summed E-state index contributed by atoms with van der Waals surface area (Å²) in [5.41, 5.74) is 2.38. The average Bonchev–Trinajstić information content (AvgIpc) is 3.84. The number of pyridine rings is 1. The molecular formula is C34H47FN6O4. The Labute approximate surface area is 265 Å². The molecule has 0 radical (unpaired) electrons. The molecule has 2 saturated heterocycles. The lowest BCUT2D eigenvalue weighted by Crippen LogP contribution is -2.63. The normalized spacial score (nSPS) is 27.5. The highest BCUT2D eigenvalue weighted by Gasteiger charge is 2.37. The molecule has 2 amide bonds. The average molecular weight is 623 g/mol. The van der Waals surface area contributed by atoms with Gasteiger partial charge in [0, 0.05) is 50.3 Å². The van der Waals surface area contributed by atoms with E-state index in [1.54, 1.807) is 17.0 Å². The molecule has 4 heterocycles. The number of morpholine rings is 1. The van der Waals surface area contributed by atoms with E-state index in [9.17, 15) is 14.0 Å². The number of carbonyl (C=O) groups is 2. The van der Waals surface area contributed by atoms with Crippen LogP contribution in [-0.4, -0.2) is 109 Å². The summed E-state index contributed by atoms with van der Waals surface area (Å²) >= 11 is 0. The molecule has 2 aromatic rings. The number of rotatable bonds is 9. The van der Waals surface area contributed by atoms with Crippen molar-refractivity contribution in [2.45, 2.75) is 77.2 Å². The Morgan fingerprint density at radius 3 is 2.49 bits per heavy atom. The molecule has 4 aliphatic rings. The summed E-state index contributed by atoms with van der Waals surface area (Å²) in [5.74, 6) is 0.216. The number of nitrogens with zero attached hydrogens (tertiary/aromatic N) is 4. The minimum absolute atomic E-state index is 0.0188. The van der Waals surface area contributed by atoms with Crippen molar-refractivity contribution in [1.82, 2.24) is 25.4 Å². The first-order valence-corrected chi connectivity index (χ1v) is 16.5. The van der Waals surface area contributed by atoms with Crippen molar-refractivity contribution in [3.8, 4) is 5.88 Å². The van der Waals surface area contributed by atoms with Gasteiger partial charge in [0.1, 0.15) is 23.8 Å². The first kappa shape index (κ1) is 31.8. The van der Waals surface area contributed by atoms with Crippen LogP contribution in [0.4, 0.5) is 10.1 Å². The van der Waals surface area contributed by atoms with Crippen LogP contribution in [0.3, 0.4) is 0 Å². The van der Waals surface area contributed by atoms with Crippen LogP contribution in [0.2, 0.25) is 0 Å². The zero-order chi connectivity index (χ0) is 31.7. The van der Waals surface area contributed by atoms with Crippen molar-refractivity contribution in [1.29, 1.82) is 0 Å². The maximum absolute atomic E-state index is 14.2. The number of carbonyl (C=O) groups excluding carboxylic acids is 2. The first-order chi connectivity index (χ1) is 21.7. The number of benzene rings is 1. The second-order valence-corrected chi connectivity index (χ2v) is 13.5. The molecule has 45 heavy (non-hydrogen) atoms. The lowest BCUT2D eigenvalue weighted by Gasteiger charge is -2.46. The summed E-state index contributed by atoms with van der Waals surface area (Å²) in [6.07, 6.45) is 2.61. The molecule has 5 atom stereocenters. The van der Waals surface area contributed by atoms with Gasteiger partial charge < -0.3 is 25.0 Å². The zero-order valence-corrected chi connectivity index (χ0v) is 26.9. The molecule has 0 spiro atoms. The van der Waals surface area contributed by atoms with Gasteiger partial charge >= 0.3 is 0 Å². The van der Waals surface area contributed by atoms with E-state index >= 15 is 0 Å². The van der Waals surface area contributed by atoms with E-state index in [1.807, 2.05) is 13.0 Å². The monoisotopic (exact) mass is 622 g/mol. The van der Waals surface area contributed by atoms with Gasteiger partial charge in [-0.3, -0.25) is 19.4 Å². The molecule has 244 valence electrons. The lowest BCUT2D eigenvalue weighted by atomic mass is 10.0. The molecule has 1 saturated carbocycles. The minimum atomic E-state index is -0.318. The van der Waals surface area contributed by atoms with Crippen molar-refractivity contribution in [2.24, 2.45) is 5.92 Å². The van der Waals surface area contributed by atoms with E-state index in [0.717, 1.165) is 51.3 Å². The number of hydrogen-bond donors (Lipinski definition) is 2. The van der Waals surface area contributed by atoms with Gasteiger partial charge in [-0.25, -0.2) is 9.37 Å². The number of hydrogen-bond acceptors (Lipinski definition) is 8. The van der Waals surface area contributed by atoms with E-state index in [0.29, 0.717) is 48.1 Å². The molecule has 3 fully saturated rings. The van der Waals surface area contributed by atoms with Gasteiger partial charge in [0.2, 0.25) is 11.8 Å². The SMILES string of the molecule is C[C@@H]1CN(CC(=O)N2c3cc(Cc4ccc(F)cc4)c(C(=O)NCC4CC4)nc3OC[C@@H]2C)[C@@H](CN2[C@H](C)COC[C@H]2C)CN1. The van der Waals surface area contributed by atoms with Crippen LogP contribution in [-0.2, 0) is 16.0 Å². The van der Waals surface area contributed by atoms with Crippen molar-refractivity contribution >= 4 is 17.5 Å². The fourth-order valence-corrected chi connectivity index (χ4v) is 6.79. The topological polar surface area (TPSA) is 99.3 Å². The molecule has 1 aromatic carbocycles. The standard InChI is InChI=1S/C34H47FN6O4/c1-21-15-39(29(14-36-21)16-40-22(2)18-44-19-23(40)3)17-31(42)41-24(4)20-45-34-30(41)12-27(11-25-7-9-28(35)10-8-25)32(38-34)33(43)37-13-26-5-6-26/h7-10,12,21-24,26,29,36H,5-6,11,13-20H2,1-4H3,(H,37,43)/t21-,22-,23-,24+,29-/m1/s1. The van der Waals surface area contributed by atoms with Gasteiger partial charge in [0.15, 0.2) is 0 Å². The van der Waals surface area contributed by atoms with E-state index in [2.05, 4.69) is 41.2 Å². The predicted molar refractivity (Wildman–Crippen MR) is 170 cm³/mol. The Morgan fingerprint density at radius 1 is 1.04 bits per heavy atom. The molecule has 1 aromatic heterocycles. The lowest BCUT2D eigenvalue weighted by molar-refractivity contribution is -0.122. The Morgan fingerprint density at radius 2 is 1.78 bits per heavy atom. The number of aromatic nitrogens is 1. The molecular weight excluding hydrogens is 575 g/mol. The smallest absolute Gasteiger partial charge is 0.270 e. The molecule has 3 aliphatic heterocycles. The third-order valence-corrected chi connectivity index (χ3v) is 9.59.